The fraction of sp³-hybridized carbons (Fsp3) is 0. The van der Waals surface area contributed by atoms with Crippen molar-refractivity contribution >= 4 is 21.5 Å². The first-order valence-electron chi connectivity index (χ1n) is 3.33. The Morgan fingerprint density at radius 1 is 0.600 bits per heavy atom. The first-order valence-corrected chi connectivity index (χ1v) is 6.13. The molecule has 0 radical (unpaired) electrons. The second kappa shape index (κ2) is 5.27. The van der Waals surface area contributed by atoms with Crippen molar-refractivity contribution in [1.29, 1.82) is 0 Å². The minimum absolute atomic E-state index is 0.199. The average Bonchev–Trinajstić information content (AvgIpc) is 2.01. The quantitative estimate of drug-likeness (QED) is 0.506. The molecule has 1 aliphatic rings. The minimum atomic E-state index is -0.199. The Bertz CT molecular complexity index is 139. The van der Waals surface area contributed by atoms with Gasteiger partial charge < -0.3 is 0 Å². The summed E-state index contributed by atoms with van der Waals surface area (Å²) in [5, 5.41) is 0. The van der Waals surface area contributed by atoms with Crippen LogP contribution >= 0.6 is 0 Å². The summed E-state index contributed by atoms with van der Waals surface area (Å²) < 4.78 is 4.56. The molecule has 48 valence electrons. The number of rotatable bonds is 0. The van der Waals surface area contributed by atoms with Gasteiger partial charge in [0, 0.05) is 0 Å². The standard InChI is InChI=1S/C9H9.Ga/c1-3-5-7-9-8-6-4-2;/h1-9H;. The molecule has 1 heteroatoms. The van der Waals surface area contributed by atoms with E-state index in [4.69, 9.17) is 0 Å². The number of hydrogen-bond donors (Lipinski definition) is 0. The van der Waals surface area contributed by atoms with Crippen LogP contribution in [0.2, 0.25) is 0 Å². The van der Waals surface area contributed by atoms with E-state index in [2.05, 4.69) is 33.5 Å². The Balaban J connectivity index is 2.70. The summed E-state index contributed by atoms with van der Waals surface area (Å²) in [7, 11) is 0. The van der Waals surface area contributed by atoms with Gasteiger partial charge in [-0.2, -0.15) is 0 Å². The van der Waals surface area contributed by atoms with Crippen molar-refractivity contribution in [2.24, 2.45) is 0 Å². The van der Waals surface area contributed by atoms with Crippen molar-refractivity contribution in [1.82, 2.24) is 0 Å². The summed E-state index contributed by atoms with van der Waals surface area (Å²) in [4.78, 5) is 0. The van der Waals surface area contributed by atoms with Crippen molar-refractivity contribution in [3.8, 4) is 0 Å². The van der Waals surface area contributed by atoms with Crippen molar-refractivity contribution in [2.75, 3.05) is 0 Å². The zero-order valence-electron chi connectivity index (χ0n) is 5.77. The number of allylic oxidation sites excluding steroid dienone is 7. The van der Waals surface area contributed by atoms with E-state index in [1.807, 2.05) is 18.2 Å². The van der Waals surface area contributed by atoms with Crippen LogP contribution in [0.15, 0.2) is 47.2 Å². The van der Waals surface area contributed by atoms with E-state index in [9.17, 15) is 0 Å². The Morgan fingerprint density at radius 3 is 2.00 bits per heavy atom. The van der Waals surface area contributed by atoms with Crippen LogP contribution in [0.3, 0.4) is 0 Å². The van der Waals surface area contributed by atoms with Gasteiger partial charge >= 0.3 is 68.7 Å². The van der Waals surface area contributed by atoms with Gasteiger partial charge in [-0.25, -0.2) is 0 Å². The van der Waals surface area contributed by atoms with E-state index in [1.165, 1.54) is 0 Å². The summed E-state index contributed by atoms with van der Waals surface area (Å²) in [5.74, 6) is 0. The molecule has 0 amide bonds. The number of hydrogen-bond acceptors (Lipinski definition) is 0. The van der Waals surface area contributed by atoms with Gasteiger partial charge in [0.1, 0.15) is 0 Å². The second-order valence-corrected chi connectivity index (χ2v) is 4.35. The SMILES string of the molecule is C1=CC=C[CH]=[Ga][CH]=CC=C1. The molecule has 10 heavy (non-hydrogen) atoms. The van der Waals surface area contributed by atoms with Crippen LogP contribution in [0.1, 0.15) is 0 Å². The Kier molecular flexibility index (Phi) is 3.99. The Hall–Kier alpha value is -0.534. The van der Waals surface area contributed by atoms with Gasteiger partial charge in [0.25, 0.3) is 0 Å². The van der Waals surface area contributed by atoms with Crippen molar-refractivity contribution in [3.63, 3.8) is 0 Å². The first-order chi connectivity index (χ1) is 5.00. The maximum atomic E-state index is 2.28. The van der Waals surface area contributed by atoms with Crippen LogP contribution in [-0.2, 0) is 0 Å². The van der Waals surface area contributed by atoms with E-state index in [0.29, 0.717) is 0 Å². The molecule has 1 heterocycles. The molecule has 0 aromatic rings. The monoisotopic (exact) mass is 186 g/mol. The van der Waals surface area contributed by atoms with Gasteiger partial charge in [0.2, 0.25) is 0 Å². The molecule has 0 unspecified atom stereocenters. The maximum absolute atomic E-state index is 2.28. The molecule has 0 N–H and O–H groups in total. The Labute approximate surface area is 68.9 Å². The van der Waals surface area contributed by atoms with E-state index < -0.39 is 0 Å². The van der Waals surface area contributed by atoms with Crippen LogP contribution in [0.25, 0.3) is 0 Å². The van der Waals surface area contributed by atoms with Gasteiger partial charge in [0.05, 0.1) is 0 Å². The van der Waals surface area contributed by atoms with Crippen molar-refractivity contribution in [2.45, 2.75) is 0 Å². The van der Waals surface area contributed by atoms with Crippen LogP contribution in [0.5, 0.6) is 0 Å². The van der Waals surface area contributed by atoms with E-state index >= 15 is 0 Å². The van der Waals surface area contributed by atoms with Gasteiger partial charge in [0.15, 0.2) is 0 Å². The van der Waals surface area contributed by atoms with Gasteiger partial charge in [-0.05, 0) is 0 Å². The summed E-state index contributed by atoms with van der Waals surface area (Å²) in [6.45, 7) is 0. The molecule has 0 fully saturated rings. The fourth-order valence-electron chi connectivity index (χ4n) is 0.642. The fourth-order valence-corrected chi connectivity index (χ4v) is 1.99. The third kappa shape index (κ3) is 3.48. The zero-order chi connectivity index (χ0) is 7.07. The summed E-state index contributed by atoms with van der Waals surface area (Å²) in [5.41, 5.74) is 0. The summed E-state index contributed by atoms with van der Waals surface area (Å²) in [6.07, 6.45) is 14.5. The van der Waals surface area contributed by atoms with Crippen molar-refractivity contribution < 1.29 is 0 Å². The van der Waals surface area contributed by atoms with E-state index in [1.54, 1.807) is 0 Å². The summed E-state index contributed by atoms with van der Waals surface area (Å²) >= 11 is -0.199. The van der Waals surface area contributed by atoms with E-state index in [-0.39, 0.29) is 17.0 Å². The topological polar surface area (TPSA) is 0 Å². The molecule has 0 nitrogen and oxygen atoms in total. The molecule has 0 saturated heterocycles. The van der Waals surface area contributed by atoms with Gasteiger partial charge in [-0.3, -0.25) is 0 Å². The molecule has 0 bridgehead atoms. The van der Waals surface area contributed by atoms with E-state index in [0.717, 1.165) is 0 Å². The van der Waals surface area contributed by atoms with Crippen LogP contribution < -0.4 is 0 Å². The average molecular weight is 187 g/mol. The third-order valence-electron chi connectivity index (χ3n) is 1.11. The molecule has 0 aromatic heterocycles. The molecule has 0 spiro atoms. The zero-order valence-corrected chi connectivity index (χ0v) is 8.20. The second-order valence-electron chi connectivity index (χ2n) is 1.92. The van der Waals surface area contributed by atoms with Crippen LogP contribution in [0, 0.1) is 0 Å². The van der Waals surface area contributed by atoms with Gasteiger partial charge in [-0.15, -0.1) is 0 Å². The first kappa shape index (κ1) is 7.57. The molecule has 0 atom stereocenters. The van der Waals surface area contributed by atoms with Gasteiger partial charge in [-0.1, -0.05) is 0 Å². The predicted molar refractivity (Wildman–Crippen MR) is 48.4 cm³/mol. The molecular formula is C9H9Ga. The molecule has 0 aromatic carbocycles. The summed E-state index contributed by atoms with van der Waals surface area (Å²) in [6, 6.07) is 0. The molecule has 0 aliphatic carbocycles. The molecule has 1 aliphatic heterocycles. The molecular weight excluding hydrogens is 178 g/mol. The van der Waals surface area contributed by atoms with Crippen molar-refractivity contribution in [3.05, 3.63) is 47.2 Å². The predicted octanol–water partition coefficient (Wildman–Crippen LogP) is 1.69. The van der Waals surface area contributed by atoms with Crippen LogP contribution in [-0.4, -0.2) is 21.5 Å². The molecule has 0 saturated carbocycles. The third-order valence-corrected chi connectivity index (χ3v) is 2.98. The Morgan fingerprint density at radius 2 is 1.20 bits per heavy atom. The normalized spacial score (nSPS) is 15.2. The van der Waals surface area contributed by atoms with Crippen LogP contribution in [0.4, 0.5) is 0 Å². The molecule has 1 rings (SSSR count).